The summed E-state index contributed by atoms with van der Waals surface area (Å²) < 4.78 is 23.8. The molecule has 0 aliphatic rings. The molecule has 0 aliphatic carbocycles. The lowest BCUT2D eigenvalue weighted by atomic mass is 10.0. The average molecular weight is 255 g/mol. The van der Waals surface area contributed by atoms with Gasteiger partial charge in [-0.15, -0.1) is 0 Å². The molecule has 0 bridgehead atoms. The van der Waals surface area contributed by atoms with Crippen molar-refractivity contribution in [3.8, 4) is 0 Å². The van der Waals surface area contributed by atoms with Crippen LogP contribution >= 0.6 is 0 Å². The summed E-state index contributed by atoms with van der Waals surface area (Å²) in [5.74, 6) is -0.211. The molecule has 0 amide bonds. The number of likely N-dealkylation sites (N-methyl/N-ethyl adjacent to an activating group) is 1. The maximum Gasteiger partial charge on any atom is 0.172 e. The van der Waals surface area contributed by atoms with E-state index in [1.165, 1.54) is 6.07 Å². The van der Waals surface area contributed by atoms with Gasteiger partial charge >= 0.3 is 0 Å². The van der Waals surface area contributed by atoms with Crippen LogP contribution in [0, 0.1) is 12.7 Å². The van der Waals surface area contributed by atoms with E-state index in [4.69, 9.17) is 9.47 Å². The van der Waals surface area contributed by atoms with Crippen molar-refractivity contribution in [2.75, 3.05) is 20.8 Å². The van der Waals surface area contributed by atoms with E-state index < -0.39 is 0 Å². The molecule has 1 aromatic rings. The molecule has 3 nitrogen and oxygen atoms in total. The van der Waals surface area contributed by atoms with Crippen LogP contribution in [0.1, 0.15) is 18.1 Å². The largest absolute Gasteiger partial charge is 0.354 e. The monoisotopic (exact) mass is 255 g/mol. The highest BCUT2D eigenvalue weighted by Crippen LogP contribution is 2.15. The van der Waals surface area contributed by atoms with Crippen LogP contribution in [-0.2, 0) is 15.9 Å². The van der Waals surface area contributed by atoms with E-state index in [9.17, 15) is 4.39 Å². The van der Waals surface area contributed by atoms with E-state index in [1.807, 2.05) is 13.8 Å². The van der Waals surface area contributed by atoms with Crippen molar-refractivity contribution in [1.29, 1.82) is 0 Å². The molecule has 0 saturated heterocycles. The Labute approximate surface area is 108 Å². The van der Waals surface area contributed by atoms with Gasteiger partial charge in [-0.25, -0.2) is 4.39 Å². The summed E-state index contributed by atoms with van der Waals surface area (Å²) in [4.78, 5) is 0. The van der Waals surface area contributed by atoms with Crippen molar-refractivity contribution in [2.24, 2.45) is 0 Å². The van der Waals surface area contributed by atoms with Gasteiger partial charge in [-0.1, -0.05) is 13.0 Å². The Morgan fingerprint density at radius 2 is 1.94 bits per heavy atom. The number of rotatable bonds is 7. The van der Waals surface area contributed by atoms with Crippen molar-refractivity contribution in [2.45, 2.75) is 32.6 Å². The van der Waals surface area contributed by atoms with Gasteiger partial charge < -0.3 is 14.8 Å². The number of methoxy groups -OCH3 is 2. The second-order valence-corrected chi connectivity index (χ2v) is 4.28. The third-order valence-electron chi connectivity index (χ3n) is 3.01. The summed E-state index contributed by atoms with van der Waals surface area (Å²) in [5, 5.41) is 3.31. The van der Waals surface area contributed by atoms with Crippen LogP contribution in [0.5, 0.6) is 0 Å². The molecule has 4 heteroatoms. The van der Waals surface area contributed by atoms with Gasteiger partial charge in [-0.05, 0) is 43.1 Å². The fourth-order valence-corrected chi connectivity index (χ4v) is 2.05. The lowest BCUT2D eigenvalue weighted by molar-refractivity contribution is -0.122. The first-order valence-corrected chi connectivity index (χ1v) is 6.16. The minimum absolute atomic E-state index is 0.00509. The van der Waals surface area contributed by atoms with Gasteiger partial charge in [-0.2, -0.15) is 0 Å². The second-order valence-electron chi connectivity index (χ2n) is 4.28. The van der Waals surface area contributed by atoms with E-state index in [2.05, 4.69) is 5.32 Å². The molecule has 0 fully saturated rings. The number of benzene rings is 1. The molecule has 0 aromatic heterocycles. The molecule has 0 radical (unpaired) electrons. The van der Waals surface area contributed by atoms with Gasteiger partial charge in [0.1, 0.15) is 5.82 Å². The Morgan fingerprint density at radius 3 is 2.50 bits per heavy atom. The van der Waals surface area contributed by atoms with Crippen LogP contribution in [0.3, 0.4) is 0 Å². The molecule has 1 unspecified atom stereocenters. The normalized spacial score (nSPS) is 13.0. The maximum atomic E-state index is 13.3. The SMILES string of the molecule is CCNC(Cc1cc(F)ccc1C)C(OC)OC. The standard InChI is InChI=1S/C14H22FNO2/c1-5-16-13(14(17-3)18-4)9-11-8-12(15)7-6-10(11)2/h6-8,13-14,16H,5,9H2,1-4H3. The van der Waals surface area contributed by atoms with Crippen molar-refractivity contribution in [1.82, 2.24) is 5.32 Å². The molecular formula is C14H22FNO2. The molecule has 0 heterocycles. The van der Waals surface area contributed by atoms with E-state index in [0.29, 0.717) is 6.42 Å². The first-order valence-electron chi connectivity index (χ1n) is 6.16. The number of hydrogen-bond donors (Lipinski definition) is 1. The van der Waals surface area contributed by atoms with Crippen molar-refractivity contribution in [3.05, 3.63) is 35.1 Å². The highest BCUT2D eigenvalue weighted by molar-refractivity contribution is 5.27. The molecule has 1 atom stereocenters. The van der Waals surface area contributed by atoms with E-state index >= 15 is 0 Å². The highest BCUT2D eigenvalue weighted by atomic mass is 19.1. The van der Waals surface area contributed by atoms with Crippen LogP contribution < -0.4 is 5.32 Å². The fourth-order valence-electron chi connectivity index (χ4n) is 2.05. The molecule has 0 saturated carbocycles. The summed E-state index contributed by atoms with van der Waals surface area (Å²) in [6, 6.07) is 4.85. The van der Waals surface area contributed by atoms with E-state index in [1.54, 1.807) is 26.4 Å². The molecule has 102 valence electrons. The van der Waals surface area contributed by atoms with Gasteiger partial charge in [0.25, 0.3) is 0 Å². The topological polar surface area (TPSA) is 30.5 Å². The Morgan fingerprint density at radius 1 is 1.28 bits per heavy atom. The van der Waals surface area contributed by atoms with Gasteiger partial charge in [0, 0.05) is 14.2 Å². The van der Waals surface area contributed by atoms with Gasteiger partial charge in [0.05, 0.1) is 6.04 Å². The maximum absolute atomic E-state index is 13.3. The average Bonchev–Trinajstić information content (AvgIpc) is 2.35. The van der Waals surface area contributed by atoms with Crippen LogP contribution in [0.15, 0.2) is 18.2 Å². The molecule has 1 aromatic carbocycles. The first-order chi connectivity index (χ1) is 8.62. The summed E-state index contributed by atoms with van der Waals surface area (Å²) in [5.41, 5.74) is 2.05. The number of nitrogens with one attached hydrogen (secondary N) is 1. The smallest absolute Gasteiger partial charge is 0.172 e. The van der Waals surface area contributed by atoms with Gasteiger partial charge in [0.2, 0.25) is 0 Å². The number of aryl methyl sites for hydroxylation is 1. The second kappa shape index (κ2) is 7.46. The van der Waals surface area contributed by atoms with Crippen molar-refractivity contribution in [3.63, 3.8) is 0 Å². The fraction of sp³-hybridized carbons (Fsp3) is 0.571. The molecule has 1 rings (SSSR count). The lowest BCUT2D eigenvalue weighted by Crippen LogP contribution is -2.43. The molecule has 1 N–H and O–H groups in total. The number of ether oxygens (including phenoxy) is 2. The highest BCUT2D eigenvalue weighted by Gasteiger charge is 2.21. The zero-order chi connectivity index (χ0) is 13.5. The van der Waals surface area contributed by atoms with Crippen molar-refractivity contribution >= 4 is 0 Å². The summed E-state index contributed by atoms with van der Waals surface area (Å²) in [6.45, 7) is 4.81. The Hall–Kier alpha value is -0.970. The van der Waals surface area contributed by atoms with Crippen molar-refractivity contribution < 1.29 is 13.9 Å². The van der Waals surface area contributed by atoms with Crippen LogP contribution in [-0.4, -0.2) is 33.1 Å². The quantitative estimate of drug-likeness (QED) is 0.758. The third-order valence-corrected chi connectivity index (χ3v) is 3.01. The Balaban J connectivity index is 2.85. The predicted molar refractivity (Wildman–Crippen MR) is 70.1 cm³/mol. The minimum Gasteiger partial charge on any atom is -0.354 e. The molecular weight excluding hydrogens is 233 g/mol. The Bertz CT molecular complexity index is 367. The summed E-state index contributed by atoms with van der Waals surface area (Å²) in [6.07, 6.45) is 0.330. The van der Waals surface area contributed by atoms with Gasteiger partial charge in [-0.3, -0.25) is 0 Å². The Kier molecular flexibility index (Phi) is 6.25. The van der Waals surface area contributed by atoms with Crippen LogP contribution in [0.25, 0.3) is 0 Å². The zero-order valence-corrected chi connectivity index (χ0v) is 11.5. The minimum atomic E-state index is -0.340. The zero-order valence-electron chi connectivity index (χ0n) is 11.5. The van der Waals surface area contributed by atoms with Gasteiger partial charge in [0.15, 0.2) is 6.29 Å². The van der Waals surface area contributed by atoms with Crippen LogP contribution in [0.2, 0.25) is 0 Å². The summed E-state index contributed by atoms with van der Waals surface area (Å²) in [7, 11) is 3.22. The summed E-state index contributed by atoms with van der Waals surface area (Å²) >= 11 is 0. The number of hydrogen-bond acceptors (Lipinski definition) is 3. The van der Waals surface area contributed by atoms with Crippen LogP contribution in [0.4, 0.5) is 4.39 Å². The van der Waals surface area contributed by atoms with E-state index in [0.717, 1.165) is 17.7 Å². The number of halogens is 1. The van der Waals surface area contributed by atoms with E-state index in [-0.39, 0.29) is 18.1 Å². The first kappa shape index (κ1) is 15.1. The third kappa shape index (κ3) is 4.05. The lowest BCUT2D eigenvalue weighted by Gasteiger charge is -2.26. The predicted octanol–water partition coefficient (Wildman–Crippen LogP) is 2.27. The molecule has 0 aliphatic heterocycles. The molecule has 18 heavy (non-hydrogen) atoms. The molecule has 0 spiro atoms.